The van der Waals surface area contributed by atoms with E-state index in [0.29, 0.717) is 11.8 Å². The number of hydrogen-bond donors (Lipinski definition) is 1. The van der Waals surface area contributed by atoms with Gasteiger partial charge in [-0.05, 0) is 35.6 Å². The molecule has 3 aromatic rings. The highest BCUT2D eigenvalue weighted by molar-refractivity contribution is 7.89. The van der Waals surface area contributed by atoms with Gasteiger partial charge in [0.25, 0.3) is 0 Å². The molecule has 6 heteroatoms. The summed E-state index contributed by atoms with van der Waals surface area (Å²) in [5.41, 5.74) is 0.858. The maximum absolute atomic E-state index is 13.3. The second-order valence-electron chi connectivity index (χ2n) is 5.75. The first-order chi connectivity index (χ1) is 12.1. The number of sulfonamides is 1. The quantitative estimate of drug-likeness (QED) is 0.707. The van der Waals surface area contributed by atoms with E-state index in [-0.39, 0.29) is 24.6 Å². The molecule has 0 aliphatic carbocycles. The van der Waals surface area contributed by atoms with Gasteiger partial charge in [-0.2, -0.15) is 4.31 Å². The van der Waals surface area contributed by atoms with E-state index in [2.05, 4.69) is 4.98 Å². The van der Waals surface area contributed by atoms with Crippen molar-refractivity contribution in [2.24, 2.45) is 0 Å². The molecule has 25 heavy (non-hydrogen) atoms. The molecular weight excluding hydrogens is 336 g/mol. The lowest BCUT2D eigenvalue weighted by atomic mass is 10.1. The highest BCUT2D eigenvalue weighted by atomic mass is 32.2. The van der Waals surface area contributed by atoms with Crippen LogP contribution in [-0.2, 0) is 16.6 Å². The van der Waals surface area contributed by atoms with Gasteiger partial charge in [-0.15, -0.1) is 0 Å². The largest absolute Gasteiger partial charge is 0.396 e. The van der Waals surface area contributed by atoms with Gasteiger partial charge in [0.2, 0.25) is 10.0 Å². The fourth-order valence-electron chi connectivity index (χ4n) is 2.78. The summed E-state index contributed by atoms with van der Waals surface area (Å²) in [5.74, 6) is 0. The zero-order valence-corrected chi connectivity index (χ0v) is 14.6. The van der Waals surface area contributed by atoms with E-state index in [9.17, 15) is 8.42 Å². The number of aliphatic hydroxyl groups excluding tert-OH is 1. The van der Waals surface area contributed by atoms with E-state index in [4.69, 9.17) is 5.11 Å². The van der Waals surface area contributed by atoms with Crippen LogP contribution in [0.2, 0.25) is 0 Å². The average Bonchev–Trinajstić information content (AvgIpc) is 2.65. The third-order valence-corrected chi connectivity index (χ3v) is 5.94. The number of pyridine rings is 1. The number of aliphatic hydroxyl groups is 1. The summed E-state index contributed by atoms with van der Waals surface area (Å²) in [6, 6.07) is 16.3. The van der Waals surface area contributed by atoms with Crippen LogP contribution in [0.1, 0.15) is 12.0 Å². The Labute approximate surface area is 147 Å². The summed E-state index contributed by atoms with van der Waals surface area (Å²) in [6.07, 6.45) is 3.67. The first-order valence-corrected chi connectivity index (χ1v) is 9.54. The van der Waals surface area contributed by atoms with Crippen molar-refractivity contribution >= 4 is 20.8 Å². The first-order valence-electron chi connectivity index (χ1n) is 8.10. The lowest BCUT2D eigenvalue weighted by Gasteiger charge is -2.23. The number of hydrogen-bond acceptors (Lipinski definition) is 4. The molecule has 0 saturated carbocycles. The van der Waals surface area contributed by atoms with Gasteiger partial charge in [-0.25, -0.2) is 8.42 Å². The Kier molecular flexibility index (Phi) is 5.43. The molecule has 0 radical (unpaired) electrons. The Bertz CT molecular complexity index is 938. The molecule has 0 spiro atoms. The van der Waals surface area contributed by atoms with Crippen molar-refractivity contribution in [1.82, 2.24) is 9.29 Å². The molecule has 0 unspecified atom stereocenters. The Morgan fingerprint density at radius 3 is 2.44 bits per heavy atom. The van der Waals surface area contributed by atoms with Crippen LogP contribution in [0.25, 0.3) is 10.8 Å². The Morgan fingerprint density at radius 1 is 0.960 bits per heavy atom. The summed E-state index contributed by atoms with van der Waals surface area (Å²) >= 11 is 0. The molecule has 0 saturated heterocycles. The summed E-state index contributed by atoms with van der Waals surface area (Å²) in [7, 11) is -3.70. The van der Waals surface area contributed by atoms with Gasteiger partial charge in [0.15, 0.2) is 0 Å². The molecule has 2 aromatic carbocycles. The maximum atomic E-state index is 13.3. The lowest BCUT2D eigenvalue weighted by molar-refractivity contribution is 0.267. The molecule has 1 heterocycles. The minimum atomic E-state index is -3.70. The molecule has 5 nitrogen and oxygen atoms in total. The van der Waals surface area contributed by atoms with Gasteiger partial charge in [0.05, 0.1) is 4.90 Å². The van der Waals surface area contributed by atoms with Gasteiger partial charge in [0.1, 0.15) is 0 Å². The van der Waals surface area contributed by atoms with Crippen LogP contribution in [0.15, 0.2) is 71.9 Å². The number of benzene rings is 2. The second kappa shape index (κ2) is 7.74. The predicted molar refractivity (Wildman–Crippen MR) is 97.5 cm³/mol. The van der Waals surface area contributed by atoms with Gasteiger partial charge in [0, 0.05) is 37.5 Å². The molecule has 3 rings (SSSR count). The summed E-state index contributed by atoms with van der Waals surface area (Å²) < 4.78 is 28.0. The van der Waals surface area contributed by atoms with Gasteiger partial charge in [-0.3, -0.25) is 4.98 Å². The molecule has 0 amide bonds. The average molecular weight is 356 g/mol. The zero-order chi connectivity index (χ0) is 17.7. The first kappa shape index (κ1) is 17.5. The van der Waals surface area contributed by atoms with Gasteiger partial charge in [-0.1, -0.05) is 36.4 Å². The van der Waals surface area contributed by atoms with Crippen LogP contribution in [0, 0.1) is 0 Å². The molecule has 0 aliphatic rings. The fraction of sp³-hybridized carbons (Fsp3) is 0.211. The normalized spacial score (nSPS) is 11.9. The van der Waals surface area contributed by atoms with Gasteiger partial charge >= 0.3 is 0 Å². The molecule has 130 valence electrons. The molecule has 1 aromatic heterocycles. The predicted octanol–water partition coefficient (Wildman–Crippen LogP) is 2.81. The molecule has 0 atom stereocenters. The molecule has 0 fully saturated rings. The molecule has 1 N–H and O–H groups in total. The van der Waals surface area contributed by atoms with Crippen LogP contribution < -0.4 is 0 Å². The van der Waals surface area contributed by atoms with Crippen molar-refractivity contribution in [3.63, 3.8) is 0 Å². The number of rotatable bonds is 7. The van der Waals surface area contributed by atoms with Crippen molar-refractivity contribution in [2.45, 2.75) is 17.9 Å². The third-order valence-electron chi connectivity index (χ3n) is 4.04. The van der Waals surface area contributed by atoms with E-state index in [0.717, 1.165) is 10.9 Å². The van der Waals surface area contributed by atoms with Crippen LogP contribution >= 0.6 is 0 Å². The lowest BCUT2D eigenvalue weighted by Crippen LogP contribution is -2.32. The number of nitrogens with zero attached hydrogens (tertiary/aromatic N) is 2. The smallest absolute Gasteiger partial charge is 0.243 e. The summed E-state index contributed by atoms with van der Waals surface area (Å²) in [4.78, 5) is 4.26. The van der Waals surface area contributed by atoms with E-state index in [1.807, 2.05) is 30.3 Å². The van der Waals surface area contributed by atoms with E-state index >= 15 is 0 Å². The van der Waals surface area contributed by atoms with Gasteiger partial charge < -0.3 is 5.11 Å². The minimum Gasteiger partial charge on any atom is -0.396 e. The molecular formula is C19H20N2O3S. The van der Waals surface area contributed by atoms with Crippen molar-refractivity contribution in [1.29, 1.82) is 0 Å². The summed E-state index contributed by atoms with van der Waals surface area (Å²) in [6.45, 7) is 0.441. The molecule has 0 bridgehead atoms. The van der Waals surface area contributed by atoms with Crippen LogP contribution in [0.3, 0.4) is 0 Å². The third kappa shape index (κ3) is 3.87. The Hall–Kier alpha value is -2.28. The van der Waals surface area contributed by atoms with E-state index in [1.165, 1.54) is 4.31 Å². The SMILES string of the molecule is O=S(=O)(c1cccc2ccccc12)N(CCCO)Cc1ccncc1. The highest BCUT2D eigenvalue weighted by Gasteiger charge is 2.26. The van der Waals surface area contributed by atoms with Crippen LogP contribution in [0.4, 0.5) is 0 Å². The Morgan fingerprint density at radius 2 is 1.68 bits per heavy atom. The minimum absolute atomic E-state index is 0.0576. The molecule has 0 aliphatic heterocycles. The van der Waals surface area contributed by atoms with Crippen LogP contribution in [-0.4, -0.2) is 36.0 Å². The second-order valence-corrected chi connectivity index (χ2v) is 7.65. The Balaban J connectivity index is 2.03. The van der Waals surface area contributed by atoms with Crippen molar-refractivity contribution in [3.05, 3.63) is 72.6 Å². The standard InChI is InChI=1S/C19H20N2O3S/c22-14-4-13-21(15-16-9-11-20-12-10-16)25(23,24)19-8-3-6-17-5-1-2-7-18(17)19/h1-3,5-12,22H,4,13-15H2. The monoisotopic (exact) mass is 356 g/mol. The number of aromatic nitrogens is 1. The van der Waals surface area contributed by atoms with Crippen LogP contribution in [0.5, 0.6) is 0 Å². The van der Waals surface area contributed by atoms with Crippen molar-refractivity contribution in [3.8, 4) is 0 Å². The maximum Gasteiger partial charge on any atom is 0.243 e. The van der Waals surface area contributed by atoms with E-state index in [1.54, 1.807) is 36.7 Å². The van der Waals surface area contributed by atoms with Crippen molar-refractivity contribution in [2.75, 3.05) is 13.2 Å². The van der Waals surface area contributed by atoms with E-state index < -0.39 is 10.0 Å². The summed E-state index contributed by atoms with van der Waals surface area (Å²) in [5, 5.41) is 10.7. The van der Waals surface area contributed by atoms with Crippen molar-refractivity contribution < 1.29 is 13.5 Å². The number of fused-ring (bicyclic) bond motifs is 1. The zero-order valence-electron chi connectivity index (χ0n) is 13.7. The highest BCUT2D eigenvalue weighted by Crippen LogP contribution is 2.26. The fourth-order valence-corrected chi connectivity index (χ4v) is 4.46. The topological polar surface area (TPSA) is 70.5 Å².